The minimum Gasteiger partial charge on any atom is -0.326 e. The number of sulfonamides is 1. The monoisotopic (exact) mass is 310 g/mol. The van der Waals surface area contributed by atoms with Crippen LogP contribution in [0.4, 0.5) is 5.69 Å². The normalized spacial score (nSPS) is 11.3. The van der Waals surface area contributed by atoms with Crippen LogP contribution in [0.2, 0.25) is 5.02 Å². The number of nitrogens with two attached hydrogens (primary N) is 1. The van der Waals surface area contributed by atoms with E-state index in [4.69, 9.17) is 17.3 Å². The van der Waals surface area contributed by atoms with E-state index in [1.807, 2.05) is 6.07 Å². The maximum absolute atomic E-state index is 12.4. The number of para-hydroxylation sites is 1. The van der Waals surface area contributed by atoms with Crippen molar-refractivity contribution in [3.05, 3.63) is 58.6 Å². The van der Waals surface area contributed by atoms with Crippen LogP contribution in [-0.4, -0.2) is 8.42 Å². The Bertz CT molecular complexity index is 730. The minimum atomic E-state index is -3.69. The van der Waals surface area contributed by atoms with Gasteiger partial charge in [0.25, 0.3) is 10.0 Å². The van der Waals surface area contributed by atoms with Crippen molar-refractivity contribution >= 4 is 27.3 Å². The summed E-state index contributed by atoms with van der Waals surface area (Å²) in [6, 6.07) is 11.8. The Morgan fingerprint density at radius 3 is 2.55 bits per heavy atom. The molecule has 0 saturated carbocycles. The molecule has 0 aromatic heterocycles. The summed E-state index contributed by atoms with van der Waals surface area (Å²) < 4.78 is 27.4. The van der Waals surface area contributed by atoms with Gasteiger partial charge < -0.3 is 5.73 Å². The molecule has 0 bridgehead atoms. The number of hydrogen-bond acceptors (Lipinski definition) is 3. The van der Waals surface area contributed by atoms with Crippen molar-refractivity contribution in [3.63, 3.8) is 0 Å². The molecule has 3 N–H and O–H groups in total. The highest BCUT2D eigenvalue weighted by Gasteiger charge is 2.18. The van der Waals surface area contributed by atoms with Crippen molar-refractivity contribution in [2.75, 3.05) is 4.72 Å². The summed E-state index contributed by atoms with van der Waals surface area (Å²) in [6.07, 6.45) is 0. The van der Waals surface area contributed by atoms with E-state index in [0.717, 1.165) is 5.56 Å². The van der Waals surface area contributed by atoms with Gasteiger partial charge in [-0.3, -0.25) is 4.72 Å². The summed E-state index contributed by atoms with van der Waals surface area (Å²) >= 11 is 5.97. The first kappa shape index (κ1) is 14.8. The van der Waals surface area contributed by atoms with E-state index in [0.29, 0.717) is 16.3 Å². The van der Waals surface area contributed by atoms with Crippen LogP contribution in [0.3, 0.4) is 0 Å². The van der Waals surface area contributed by atoms with Crippen molar-refractivity contribution in [2.24, 2.45) is 5.73 Å². The lowest BCUT2D eigenvalue weighted by molar-refractivity contribution is 0.600. The Kier molecular flexibility index (Phi) is 4.32. The van der Waals surface area contributed by atoms with Crippen LogP contribution < -0.4 is 10.5 Å². The average molecular weight is 311 g/mol. The first-order valence-electron chi connectivity index (χ1n) is 6.01. The molecule has 0 aliphatic heterocycles. The van der Waals surface area contributed by atoms with Crippen molar-refractivity contribution in [1.29, 1.82) is 0 Å². The van der Waals surface area contributed by atoms with Crippen LogP contribution in [0.15, 0.2) is 47.4 Å². The molecule has 2 rings (SSSR count). The molecule has 0 radical (unpaired) electrons. The number of benzene rings is 2. The molecule has 4 nitrogen and oxygen atoms in total. The lowest BCUT2D eigenvalue weighted by Gasteiger charge is -2.12. The third kappa shape index (κ3) is 3.12. The zero-order valence-corrected chi connectivity index (χ0v) is 12.5. The molecule has 0 heterocycles. The third-order valence-electron chi connectivity index (χ3n) is 2.90. The van der Waals surface area contributed by atoms with Crippen LogP contribution in [0.1, 0.15) is 11.1 Å². The fourth-order valence-electron chi connectivity index (χ4n) is 1.80. The van der Waals surface area contributed by atoms with E-state index < -0.39 is 10.0 Å². The van der Waals surface area contributed by atoms with Crippen molar-refractivity contribution in [1.82, 2.24) is 0 Å². The van der Waals surface area contributed by atoms with Gasteiger partial charge in [0.1, 0.15) is 0 Å². The fourth-order valence-corrected chi connectivity index (χ4v) is 3.42. The van der Waals surface area contributed by atoms with E-state index in [9.17, 15) is 8.42 Å². The van der Waals surface area contributed by atoms with Gasteiger partial charge in [-0.25, -0.2) is 8.42 Å². The fraction of sp³-hybridized carbons (Fsp3) is 0.143. The predicted octanol–water partition coefficient (Wildman–Crippen LogP) is 2.91. The second-order valence-corrected chi connectivity index (χ2v) is 6.45. The Morgan fingerprint density at radius 2 is 1.90 bits per heavy atom. The molecule has 0 aliphatic carbocycles. The maximum atomic E-state index is 12.4. The van der Waals surface area contributed by atoms with Crippen LogP contribution >= 0.6 is 11.6 Å². The smallest absolute Gasteiger partial charge is 0.262 e. The minimum absolute atomic E-state index is 0.209. The number of rotatable bonds is 4. The summed E-state index contributed by atoms with van der Waals surface area (Å²) in [7, 11) is -3.69. The van der Waals surface area contributed by atoms with E-state index in [2.05, 4.69) is 4.72 Å². The van der Waals surface area contributed by atoms with Gasteiger partial charge >= 0.3 is 0 Å². The zero-order chi connectivity index (χ0) is 14.8. The zero-order valence-electron chi connectivity index (χ0n) is 10.9. The molecule has 0 spiro atoms. The molecule has 0 saturated heterocycles. The molecule has 2 aromatic carbocycles. The Morgan fingerprint density at radius 1 is 1.20 bits per heavy atom. The molecule has 0 fully saturated rings. The Balaban J connectivity index is 2.43. The summed E-state index contributed by atoms with van der Waals surface area (Å²) in [5, 5.41) is 0.351. The number of halogens is 1. The van der Waals surface area contributed by atoms with Gasteiger partial charge in [-0.15, -0.1) is 0 Å². The molecular weight excluding hydrogens is 296 g/mol. The molecule has 0 unspecified atom stereocenters. The highest BCUT2D eigenvalue weighted by molar-refractivity contribution is 7.92. The number of nitrogens with one attached hydrogen (secondary N) is 1. The van der Waals surface area contributed by atoms with E-state index in [-0.39, 0.29) is 11.4 Å². The van der Waals surface area contributed by atoms with Crippen molar-refractivity contribution in [3.8, 4) is 0 Å². The summed E-state index contributed by atoms with van der Waals surface area (Å²) in [6.45, 7) is 2.02. The van der Waals surface area contributed by atoms with Gasteiger partial charge in [-0.1, -0.05) is 35.9 Å². The molecule has 2 aromatic rings. The van der Waals surface area contributed by atoms with Gasteiger partial charge in [0.05, 0.1) is 15.6 Å². The Hall–Kier alpha value is -1.56. The average Bonchev–Trinajstić information content (AvgIpc) is 2.41. The van der Waals surface area contributed by atoms with Gasteiger partial charge in [-0.2, -0.15) is 0 Å². The van der Waals surface area contributed by atoms with Gasteiger partial charge in [0.2, 0.25) is 0 Å². The van der Waals surface area contributed by atoms with Gasteiger partial charge in [0.15, 0.2) is 0 Å². The maximum Gasteiger partial charge on any atom is 0.262 e. The largest absolute Gasteiger partial charge is 0.326 e. The molecule has 106 valence electrons. The lowest BCUT2D eigenvalue weighted by Crippen LogP contribution is -2.15. The number of hydrogen-bond donors (Lipinski definition) is 2. The van der Waals surface area contributed by atoms with Crippen LogP contribution in [0, 0.1) is 6.92 Å². The van der Waals surface area contributed by atoms with Crippen molar-refractivity contribution < 1.29 is 8.42 Å². The quantitative estimate of drug-likeness (QED) is 0.912. The summed E-state index contributed by atoms with van der Waals surface area (Å²) in [5.74, 6) is 0. The number of aryl methyl sites for hydroxylation is 1. The molecule has 0 amide bonds. The molecule has 0 atom stereocenters. The second-order valence-electron chi connectivity index (χ2n) is 4.39. The molecular formula is C14H15ClN2O2S. The first-order chi connectivity index (χ1) is 9.44. The number of anilines is 1. The van der Waals surface area contributed by atoms with Gasteiger partial charge in [0, 0.05) is 6.54 Å². The molecule has 0 aliphatic rings. The van der Waals surface area contributed by atoms with E-state index >= 15 is 0 Å². The van der Waals surface area contributed by atoms with Crippen LogP contribution in [0.25, 0.3) is 0 Å². The summed E-state index contributed by atoms with van der Waals surface area (Å²) in [5.41, 5.74) is 7.32. The third-order valence-corrected chi connectivity index (χ3v) is 4.73. The van der Waals surface area contributed by atoms with Crippen LogP contribution in [0.5, 0.6) is 0 Å². The van der Waals surface area contributed by atoms with E-state index in [1.165, 1.54) is 0 Å². The topological polar surface area (TPSA) is 72.2 Å². The van der Waals surface area contributed by atoms with Gasteiger partial charge in [-0.05, 0) is 36.2 Å². The standard InChI is InChI=1S/C14H15ClN2O2S/c1-10-6-7-11(9-16)8-14(10)20(18,19)17-13-5-3-2-4-12(13)15/h2-8,17H,9,16H2,1H3. The molecule has 6 heteroatoms. The second kappa shape index (κ2) is 5.83. The van der Waals surface area contributed by atoms with Crippen LogP contribution in [-0.2, 0) is 16.6 Å². The highest BCUT2D eigenvalue weighted by atomic mass is 35.5. The molecule has 20 heavy (non-hydrogen) atoms. The van der Waals surface area contributed by atoms with Crippen molar-refractivity contribution in [2.45, 2.75) is 18.4 Å². The lowest BCUT2D eigenvalue weighted by atomic mass is 10.1. The SMILES string of the molecule is Cc1ccc(CN)cc1S(=O)(=O)Nc1ccccc1Cl. The highest BCUT2D eigenvalue weighted by Crippen LogP contribution is 2.25. The van der Waals surface area contributed by atoms with E-state index in [1.54, 1.807) is 43.3 Å². The summed E-state index contributed by atoms with van der Waals surface area (Å²) in [4.78, 5) is 0.209. The first-order valence-corrected chi connectivity index (χ1v) is 7.87. The predicted molar refractivity (Wildman–Crippen MR) is 81.3 cm³/mol. The Labute approximate surface area is 123 Å².